The molecule has 1 unspecified atom stereocenters. The topological polar surface area (TPSA) is 106 Å². The quantitative estimate of drug-likeness (QED) is 0.536. The van der Waals surface area contributed by atoms with E-state index >= 15 is 0 Å². The van der Waals surface area contributed by atoms with Crippen LogP contribution in [-0.2, 0) is 9.59 Å². The van der Waals surface area contributed by atoms with E-state index < -0.39 is 17.4 Å². The minimum Gasteiger partial charge on any atom is -0.480 e. The Morgan fingerprint density at radius 1 is 0.950 bits per heavy atom. The third-order valence-corrected chi connectivity index (χ3v) is 3.54. The number of hydrogen-bond donors (Lipinski definition) is 3. The van der Waals surface area contributed by atoms with Gasteiger partial charge in [-0.3, -0.25) is 9.59 Å². The molecule has 0 aromatic rings. The van der Waals surface area contributed by atoms with Crippen LogP contribution in [0.15, 0.2) is 0 Å². The standard InChI is InChI=1S/C15H30N2O3/c1-14(2,3)9-6-4-5-7-10-15(17,13(19)20)11-8-12(16)18/h4-11,17H2,1-3H3,(H2,16,18)(H,19,20). The maximum Gasteiger partial charge on any atom is 0.323 e. The highest BCUT2D eigenvalue weighted by Crippen LogP contribution is 2.24. The van der Waals surface area contributed by atoms with E-state index in [2.05, 4.69) is 20.8 Å². The molecule has 0 rings (SSSR count). The van der Waals surface area contributed by atoms with E-state index in [0.29, 0.717) is 11.8 Å². The zero-order valence-corrected chi connectivity index (χ0v) is 13.1. The molecule has 0 aromatic heterocycles. The smallest absolute Gasteiger partial charge is 0.323 e. The SMILES string of the molecule is CC(C)(C)CCCCCCC(N)(CCC(N)=O)C(=O)O. The highest BCUT2D eigenvalue weighted by molar-refractivity contribution is 5.80. The average molecular weight is 286 g/mol. The summed E-state index contributed by atoms with van der Waals surface area (Å²) in [6.45, 7) is 6.64. The first-order chi connectivity index (χ1) is 9.07. The molecule has 0 spiro atoms. The van der Waals surface area contributed by atoms with Gasteiger partial charge >= 0.3 is 5.97 Å². The number of rotatable bonds is 10. The van der Waals surface area contributed by atoms with Gasteiger partial charge in [0.15, 0.2) is 0 Å². The summed E-state index contributed by atoms with van der Waals surface area (Å²) < 4.78 is 0. The Labute approximate surface area is 122 Å². The van der Waals surface area contributed by atoms with E-state index in [1.54, 1.807) is 0 Å². The predicted octanol–water partition coefficient (Wildman–Crippen LogP) is 2.42. The van der Waals surface area contributed by atoms with Crippen molar-refractivity contribution in [1.82, 2.24) is 0 Å². The summed E-state index contributed by atoms with van der Waals surface area (Å²) in [5.74, 6) is -1.56. The van der Waals surface area contributed by atoms with E-state index in [4.69, 9.17) is 11.5 Å². The Bertz CT molecular complexity index is 324. The van der Waals surface area contributed by atoms with Crippen molar-refractivity contribution in [2.75, 3.05) is 0 Å². The molecule has 0 saturated carbocycles. The van der Waals surface area contributed by atoms with E-state index in [1.165, 1.54) is 6.42 Å². The highest BCUT2D eigenvalue weighted by atomic mass is 16.4. The molecule has 0 bridgehead atoms. The molecular weight excluding hydrogens is 256 g/mol. The van der Waals surface area contributed by atoms with Crippen molar-refractivity contribution in [2.24, 2.45) is 16.9 Å². The summed E-state index contributed by atoms with van der Waals surface area (Å²) in [5, 5.41) is 9.18. The van der Waals surface area contributed by atoms with Gasteiger partial charge in [0.2, 0.25) is 5.91 Å². The summed E-state index contributed by atoms with van der Waals surface area (Å²) >= 11 is 0. The van der Waals surface area contributed by atoms with Crippen LogP contribution >= 0.6 is 0 Å². The van der Waals surface area contributed by atoms with Crippen LogP contribution in [0.1, 0.15) is 72.1 Å². The Balaban J connectivity index is 3.98. The molecule has 0 radical (unpaired) electrons. The normalized spacial score (nSPS) is 14.8. The third-order valence-electron chi connectivity index (χ3n) is 3.54. The first kappa shape index (κ1) is 18.9. The van der Waals surface area contributed by atoms with E-state index in [9.17, 15) is 14.7 Å². The molecule has 0 fully saturated rings. The lowest BCUT2D eigenvalue weighted by molar-refractivity contribution is -0.144. The average Bonchev–Trinajstić information content (AvgIpc) is 2.29. The molecule has 1 atom stereocenters. The summed E-state index contributed by atoms with van der Waals surface area (Å²) in [5.41, 5.74) is 9.94. The number of carbonyl (C=O) groups excluding carboxylic acids is 1. The van der Waals surface area contributed by atoms with Crippen LogP contribution in [0.25, 0.3) is 0 Å². The molecule has 0 aliphatic rings. The zero-order valence-electron chi connectivity index (χ0n) is 13.1. The summed E-state index contributed by atoms with van der Waals surface area (Å²) in [7, 11) is 0. The van der Waals surface area contributed by atoms with Gasteiger partial charge in [-0.2, -0.15) is 0 Å². The second-order valence-corrected chi connectivity index (χ2v) is 6.90. The van der Waals surface area contributed by atoms with E-state index in [1.807, 2.05) is 0 Å². The molecule has 0 aromatic carbocycles. The van der Waals surface area contributed by atoms with Crippen molar-refractivity contribution < 1.29 is 14.7 Å². The highest BCUT2D eigenvalue weighted by Gasteiger charge is 2.33. The summed E-state index contributed by atoms with van der Waals surface area (Å²) in [6.07, 6.45) is 5.67. The van der Waals surface area contributed by atoms with Crippen LogP contribution < -0.4 is 11.5 Å². The largest absolute Gasteiger partial charge is 0.480 e. The predicted molar refractivity (Wildman–Crippen MR) is 80.1 cm³/mol. The maximum atomic E-state index is 11.2. The first-order valence-electron chi connectivity index (χ1n) is 7.37. The fourth-order valence-electron chi connectivity index (χ4n) is 2.13. The Kier molecular flexibility index (Phi) is 7.79. The number of carbonyl (C=O) groups is 2. The van der Waals surface area contributed by atoms with Crippen molar-refractivity contribution in [3.63, 3.8) is 0 Å². The fourth-order valence-corrected chi connectivity index (χ4v) is 2.13. The van der Waals surface area contributed by atoms with Gasteiger partial charge in [-0.1, -0.05) is 46.5 Å². The molecule has 20 heavy (non-hydrogen) atoms. The van der Waals surface area contributed by atoms with Crippen molar-refractivity contribution in [1.29, 1.82) is 0 Å². The van der Waals surface area contributed by atoms with Crippen LogP contribution in [0.2, 0.25) is 0 Å². The van der Waals surface area contributed by atoms with Gasteiger partial charge in [-0.05, 0) is 24.7 Å². The van der Waals surface area contributed by atoms with Crippen LogP contribution in [0.5, 0.6) is 0 Å². The van der Waals surface area contributed by atoms with Crippen LogP contribution in [0.3, 0.4) is 0 Å². The van der Waals surface area contributed by atoms with E-state index in [0.717, 1.165) is 25.7 Å². The van der Waals surface area contributed by atoms with Gasteiger partial charge in [0.25, 0.3) is 0 Å². The molecule has 5 heteroatoms. The molecule has 0 aliphatic heterocycles. The monoisotopic (exact) mass is 286 g/mol. The molecule has 5 nitrogen and oxygen atoms in total. The Hall–Kier alpha value is -1.10. The molecular formula is C15H30N2O3. The first-order valence-corrected chi connectivity index (χ1v) is 7.37. The fraction of sp³-hybridized carbons (Fsp3) is 0.867. The zero-order chi connectivity index (χ0) is 15.8. The van der Waals surface area contributed by atoms with Gasteiger partial charge in [0, 0.05) is 6.42 Å². The molecule has 1 amide bonds. The number of carboxylic acids is 1. The molecule has 118 valence electrons. The summed E-state index contributed by atoms with van der Waals surface area (Å²) in [4.78, 5) is 22.0. The lowest BCUT2D eigenvalue weighted by atomic mass is 9.87. The molecule has 5 N–H and O–H groups in total. The maximum absolute atomic E-state index is 11.2. The Morgan fingerprint density at radius 2 is 1.45 bits per heavy atom. The van der Waals surface area contributed by atoms with Crippen molar-refractivity contribution in [3.05, 3.63) is 0 Å². The number of carboxylic acid groups (broad SMARTS) is 1. The number of amides is 1. The number of nitrogens with two attached hydrogens (primary N) is 2. The van der Waals surface area contributed by atoms with Crippen LogP contribution in [0, 0.1) is 5.41 Å². The second-order valence-electron chi connectivity index (χ2n) is 6.90. The van der Waals surface area contributed by atoms with Gasteiger partial charge < -0.3 is 16.6 Å². The van der Waals surface area contributed by atoms with Crippen molar-refractivity contribution in [3.8, 4) is 0 Å². The van der Waals surface area contributed by atoms with Gasteiger partial charge in [-0.15, -0.1) is 0 Å². The molecule has 0 saturated heterocycles. The minimum atomic E-state index is -1.32. The van der Waals surface area contributed by atoms with Crippen molar-refractivity contribution in [2.45, 2.75) is 77.7 Å². The number of hydrogen-bond acceptors (Lipinski definition) is 3. The van der Waals surface area contributed by atoms with E-state index in [-0.39, 0.29) is 12.8 Å². The summed E-state index contributed by atoms with van der Waals surface area (Å²) in [6, 6.07) is 0. The Morgan fingerprint density at radius 3 is 1.85 bits per heavy atom. The lowest BCUT2D eigenvalue weighted by Gasteiger charge is -2.24. The number of aliphatic carboxylic acids is 1. The van der Waals surface area contributed by atoms with Crippen LogP contribution in [0.4, 0.5) is 0 Å². The number of primary amides is 1. The lowest BCUT2D eigenvalue weighted by Crippen LogP contribution is -2.48. The number of unbranched alkanes of at least 4 members (excludes halogenated alkanes) is 3. The minimum absolute atomic E-state index is 0.0207. The molecule has 0 heterocycles. The van der Waals surface area contributed by atoms with Gasteiger partial charge in [-0.25, -0.2) is 0 Å². The second kappa shape index (κ2) is 8.25. The van der Waals surface area contributed by atoms with Gasteiger partial charge in [0.05, 0.1) is 0 Å². The van der Waals surface area contributed by atoms with Gasteiger partial charge in [0.1, 0.15) is 5.54 Å². The molecule has 0 aliphatic carbocycles. The third kappa shape index (κ3) is 8.91. The van der Waals surface area contributed by atoms with Crippen molar-refractivity contribution >= 4 is 11.9 Å². The van der Waals surface area contributed by atoms with Crippen LogP contribution in [-0.4, -0.2) is 22.5 Å².